The van der Waals surface area contributed by atoms with Gasteiger partial charge in [0, 0.05) is 5.69 Å². The monoisotopic (exact) mass is 369 g/mol. The molecule has 1 aromatic carbocycles. The van der Waals surface area contributed by atoms with Gasteiger partial charge in [-0.1, -0.05) is 44.2 Å². The number of fused-ring (bicyclic) bond motifs is 2. The van der Waals surface area contributed by atoms with E-state index in [1.54, 1.807) is 0 Å². The van der Waals surface area contributed by atoms with Crippen molar-refractivity contribution in [3.63, 3.8) is 0 Å². The van der Waals surface area contributed by atoms with Crippen LogP contribution in [0.15, 0.2) is 49.1 Å². The maximum Gasteiger partial charge on any atom is 0.0914 e. The van der Waals surface area contributed by atoms with Crippen molar-refractivity contribution < 1.29 is 9.84 Å². The Morgan fingerprint density at radius 3 is 2.59 bits per heavy atom. The second-order valence-corrected chi connectivity index (χ2v) is 9.50. The molecule has 0 saturated carbocycles. The molecule has 2 aliphatic rings. The maximum atomic E-state index is 10.9. The highest BCUT2D eigenvalue weighted by Gasteiger charge is 2.49. The van der Waals surface area contributed by atoms with Gasteiger partial charge in [0.15, 0.2) is 0 Å². The van der Waals surface area contributed by atoms with E-state index in [0.717, 1.165) is 31.4 Å². The summed E-state index contributed by atoms with van der Waals surface area (Å²) in [5.41, 5.74) is 1.29. The SMILES string of the molecule is C=CCc1ccc(N[C@@H]2CC(C)(C)/C=C/C[C@@](C)(O)C3CC[C@@]2(C)O3)cc1. The number of nitrogens with one attached hydrogen (secondary N) is 1. The van der Waals surface area contributed by atoms with E-state index in [1.165, 1.54) is 5.56 Å². The number of allylic oxidation sites excluding steroid dienone is 2. The fourth-order valence-electron chi connectivity index (χ4n) is 4.42. The summed E-state index contributed by atoms with van der Waals surface area (Å²) in [5, 5.41) is 14.7. The van der Waals surface area contributed by atoms with Gasteiger partial charge in [0.25, 0.3) is 0 Å². The molecule has 2 aliphatic heterocycles. The smallest absolute Gasteiger partial charge is 0.0914 e. The number of ether oxygens (including phenoxy) is 1. The Hall–Kier alpha value is -1.58. The molecule has 3 heteroatoms. The van der Waals surface area contributed by atoms with Crippen molar-refractivity contribution in [2.45, 2.75) is 83.1 Å². The summed E-state index contributed by atoms with van der Waals surface area (Å²) in [6.45, 7) is 12.4. The molecule has 1 aromatic rings. The van der Waals surface area contributed by atoms with E-state index in [4.69, 9.17) is 4.74 Å². The molecular formula is C24H35NO2. The van der Waals surface area contributed by atoms with Crippen LogP contribution >= 0.6 is 0 Å². The maximum absolute atomic E-state index is 10.9. The first-order valence-corrected chi connectivity index (χ1v) is 10.2. The topological polar surface area (TPSA) is 41.5 Å². The fraction of sp³-hybridized carbons (Fsp3) is 0.583. The predicted molar refractivity (Wildman–Crippen MR) is 113 cm³/mol. The third-order valence-corrected chi connectivity index (χ3v) is 6.25. The lowest BCUT2D eigenvalue weighted by molar-refractivity contribution is -0.130. The van der Waals surface area contributed by atoms with Crippen LogP contribution in [0.4, 0.5) is 5.69 Å². The molecule has 0 radical (unpaired) electrons. The Bertz CT molecular complexity index is 689. The van der Waals surface area contributed by atoms with E-state index in [-0.39, 0.29) is 23.2 Å². The van der Waals surface area contributed by atoms with Crippen molar-refractivity contribution in [2.75, 3.05) is 5.32 Å². The molecular weight excluding hydrogens is 334 g/mol. The van der Waals surface area contributed by atoms with Gasteiger partial charge in [0.2, 0.25) is 0 Å². The van der Waals surface area contributed by atoms with Crippen LogP contribution in [0.25, 0.3) is 0 Å². The third-order valence-electron chi connectivity index (χ3n) is 6.25. The molecule has 0 aromatic heterocycles. The van der Waals surface area contributed by atoms with Crippen LogP contribution in [0.3, 0.4) is 0 Å². The number of anilines is 1. The number of hydrogen-bond acceptors (Lipinski definition) is 3. The quantitative estimate of drug-likeness (QED) is 0.711. The summed E-state index contributed by atoms with van der Waals surface area (Å²) in [7, 11) is 0. The molecule has 3 rings (SSSR count). The highest BCUT2D eigenvalue weighted by Crippen LogP contribution is 2.44. The van der Waals surface area contributed by atoms with Crippen molar-refractivity contribution in [3.8, 4) is 0 Å². The second kappa shape index (κ2) is 7.44. The normalized spacial score (nSPS) is 36.8. The summed E-state index contributed by atoms with van der Waals surface area (Å²) >= 11 is 0. The molecule has 27 heavy (non-hydrogen) atoms. The lowest BCUT2D eigenvalue weighted by Gasteiger charge is -2.41. The first-order chi connectivity index (χ1) is 12.6. The fourth-order valence-corrected chi connectivity index (χ4v) is 4.42. The molecule has 3 nitrogen and oxygen atoms in total. The zero-order chi connectivity index (χ0) is 19.7. The van der Waals surface area contributed by atoms with Gasteiger partial charge in [-0.25, -0.2) is 0 Å². The first kappa shape index (κ1) is 20.2. The van der Waals surface area contributed by atoms with Crippen molar-refractivity contribution in [1.82, 2.24) is 0 Å². The predicted octanol–water partition coefficient (Wildman–Crippen LogP) is 5.26. The molecule has 2 N–H and O–H groups in total. The van der Waals surface area contributed by atoms with Crippen LogP contribution < -0.4 is 5.32 Å². The Labute approximate surface area is 164 Å². The van der Waals surface area contributed by atoms with Crippen molar-refractivity contribution in [3.05, 3.63) is 54.6 Å². The summed E-state index contributed by atoms with van der Waals surface area (Å²) in [6, 6.07) is 8.77. The van der Waals surface area contributed by atoms with Crippen LogP contribution in [0.1, 0.15) is 58.9 Å². The summed E-state index contributed by atoms with van der Waals surface area (Å²) in [4.78, 5) is 0. The van der Waals surface area contributed by atoms with Crippen LogP contribution in [0.2, 0.25) is 0 Å². The van der Waals surface area contributed by atoms with E-state index >= 15 is 0 Å². The van der Waals surface area contributed by atoms with Crippen molar-refractivity contribution in [1.29, 1.82) is 0 Å². The highest BCUT2D eigenvalue weighted by atomic mass is 16.5. The van der Waals surface area contributed by atoms with Gasteiger partial charge in [0.1, 0.15) is 0 Å². The Balaban J connectivity index is 1.87. The van der Waals surface area contributed by atoms with E-state index in [1.807, 2.05) is 13.0 Å². The van der Waals surface area contributed by atoms with Gasteiger partial charge in [-0.15, -0.1) is 6.58 Å². The van der Waals surface area contributed by atoms with Gasteiger partial charge in [-0.05, 0) is 69.1 Å². The van der Waals surface area contributed by atoms with Gasteiger partial charge in [0.05, 0.1) is 23.3 Å². The number of benzene rings is 1. The van der Waals surface area contributed by atoms with Crippen LogP contribution in [-0.4, -0.2) is 28.5 Å². The molecule has 2 bridgehead atoms. The summed E-state index contributed by atoms with van der Waals surface area (Å²) in [5.74, 6) is 0. The molecule has 1 saturated heterocycles. The van der Waals surface area contributed by atoms with Crippen molar-refractivity contribution in [2.24, 2.45) is 5.41 Å². The van der Waals surface area contributed by atoms with Crippen LogP contribution in [0, 0.1) is 5.41 Å². The van der Waals surface area contributed by atoms with Crippen LogP contribution in [-0.2, 0) is 11.2 Å². The zero-order valence-electron chi connectivity index (χ0n) is 17.3. The second-order valence-electron chi connectivity index (χ2n) is 9.50. The minimum Gasteiger partial charge on any atom is -0.387 e. The molecule has 4 atom stereocenters. The average molecular weight is 370 g/mol. The van der Waals surface area contributed by atoms with Crippen molar-refractivity contribution >= 4 is 5.69 Å². The van der Waals surface area contributed by atoms with Crippen LogP contribution in [0.5, 0.6) is 0 Å². The molecule has 2 heterocycles. The number of aliphatic hydroxyl groups is 1. The number of hydrogen-bond donors (Lipinski definition) is 2. The molecule has 0 aliphatic carbocycles. The molecule has 1 fully saturated rings. The standard InChI is InChI=1S/C24H35NO2/c1-6-8-18-9-11-19(12-10-18)25-20-17-22(2,3)14-7-15-23(4,26)21-13-16-24(20,5)27-21/h6-7,9-12,14,20-21,25-26H,1,8,13,15-17H2,2-5H3/b14-7+/t20-,21?,23-,24-/m1/s1. The van der Waals surface area contributed by atoms with Gasteiger partial charge in [-0.3, -0.25) is 0 Å². The van der Waals surface area contributed by atoms with E-state index in [9.17, 15) is 5.11 Å². The van der Waals surface area contributed by atoms with E-state index in [0.29, 0.717) is 6.42 Å². The molecule has 0 amide bonds. The summed E-state index contributed by atoms with van der Waals surface area (Å²) < 4.78 is 6.52. The van der Waals surface area contributed by atoms with E-state index < -0.39 is 5.60 Å². The third kappa shape index (κ3) is 4.64. The molecule has 1 unspecified atom stereocenters. The molecule has 0 spiro atoms. The lowest BCUT2D eigenvalue weighted by Crippen LogP contribution is -2.49. The minimum atomic E-state index is -0.821. The minimum absolute atomic E-state index is 0.0261. The average Bonchev–Trinajstić information content (AvgIpc) is 2.99. The Kier molecular flexibility index (Phi) is 5.56. The first-order valence-electron chi connectivity index (χ1n) is 10.2. The highest BCUT2D eigenvalue weighted by molar-refractivity contribution is 5.46. The summed E-state index contributed by atoms with van der Waals surface area (Å²) in [6.07, 6.45) is 10.6. The molecule has 148 valence electrons. The number of rotatable bonds is 4. The largest absolute Gasteiger partial charge is 0.387 e. The lowest BCUT2D eigenvalue weighted by atomic mass is 9.78. The van der Waals surface area contributed by atoms with Gasteiger partial charge in [-0.2, -0.15) is 0 Å². The Morgan fingerprint density at radius 1 is 1.22 bits per heavy atom. The van der Waals surface area contributed by atoms with Gasteiger partial charge < -0.3 is 15.2 Å². The zero-order valence-corrected chi connectivity index (χ0v) is 17.3. The van der Waals surface area contributed by atoms with E-state index in [2.05, 4.69) is 69.1 Å². The Morgan fingerprint density at radius 2 is 1.93 bits per heavy atom. The van der Waals surface area contributed by atoms with Gasteiger partial charge >= 0.3 is 0 Å².